The Kier molecular flexibility index (Phi) is 6.94. The quantitative estimate of drug-likeness (QED) is 0.200. The number of benzene rings is 5. The van der Waals surface area contributed by atoms with E-state index in [-0.39, 0.29) is 0 Å². The standard InChI is InChI=1S/C36H34BN2O2/c1-35(2,40)36(3,4)41-37-26-19-21-29(22-20-26)38(27-13-7-5-8-14-27)30-23-24-34-32(25-30)31-17-11-12-18-33(31)39(34)28-15-9-6-10-16-28/h5-25,40H,1-4H3. The number of rotatable bonds is 8. The van der Waals surface area contributed by atoms with Gasteiger partial charge in [0.25, 0.3) is 0 Å². The van der Waals surface area contributed by atoms with Crippen LogP contribution in [0.3, 0.4) is 0 Å². The molecule has 0 aliphatic heterocycles. The van der Waals surface area contributed by atoms with Gasteiger partial charge in [-0.15, -0.1) is 0 Å². The first-order chi connectivity index (χ1) is 19.7. The van der Waals surface area contributed by atoms with Crippen molar-refractivity contribution in [1.82, 2.24) is 4.57 Å². The van der Waals surface area contributed by atoms with E-state index in [0.717, 1.165) is 28.2 Å². The monoisotopic (exact) mass is 537 g/mol. The Morgan fingerprint density at radius 2 is 1.17 bits per heavy atom. The van der Waals surface area contributed by atoms with Crippen LogP contribution in [0.5, 0.6) is 0 Å². The van der Waals surface area contributed by atoms with E-state index in [2.05, 4.69) is 119 Å². The third-order valence-electron chi connectivity index (χ3n) is 8.06. The largest absolute Gasteiger partial charge is 0.427 e. The van der Waals surface area contributed by atoms with Gasteiger partial charge in [-0.05, 0) is 88.4 Å². The molecule has 0 atom stereocenters. The van der Waals surface area contributed by atoms with Crippen molar-refractivity contribution in [3.8, 4) is 5.69 Å². The van der Waals surface area contributed by atoms with Gasteiger partial charge in [-0.25, -0.2) is 0 Å². The van der Waals surface area contributed by atoms with Crippen molar-refractivity contribution in [3.05, 3.63) is 127 Å². The molecule has 41 heavy (non-hydrogen) atoms. The molecule has 0 saturated heterocycles. The fourth-order valence-electron chi connectivity index (χ4n) is 5.04. The maximum atomic E-state index is 10.4. The first kappa shape index (κ1) is 26.9. The molecule has 0 unspecified atom stereocenters. The molecular weight excluding hydrogens is 503 g/mol. The number of anilines is 3. The zero-order chi connectivity index (χ0) is 28.6. The summed E-state index contributed by atoms with van der Waals surface area (Å²) in [6, 6.07) is 44.6. The minimum absolute atomic E-state index is 0.726. The molecule has 0 fully saturated rings. The van der Waals surface area contributed by atoms with Gasteiger partial charge in [-0.3, -0.25) is 0 Å². The molecule has 0 aliphatic rings. The van der Waals surface area contributed by atoms with Crippen molar-refractivity contribution in [3.63, 3.8) is 0 Å². The van der Waals surface area contributed by atoms with Gasteiger partial charge in [0.15, 0.2) is 0 Å². The average molecular weight is 537 g/mol. The SMILES string of the molecule is CC(C)(O)C(C)(C)O[B]c1ccc(N(c2ccccc2)c2ccc3c(c2)c2ccccc2n3-c2ccccc2)cc1. The third kappa shape index (κ3) is 5.15. The lowest BCUT2D eigenvalue weighted by atomic mass is 9.82. The molecule has 6 aromatic rings. The number of aliphatic hydroxyl groups is 1. The zero-order valence-electron chi connectivity index (χ0n) is 24.0. The number of hydrogen-bond donors (Lipinski definition) is 1. The average Bonchev–Trinajstić information content (AvgIpc) is 3.31. The Hall–Kier alpha value is -4.32. The minimum atomic E-state index is -0.976. The van der Waals surface area contributed by atoms with E-state index in [9.17, 15) is 5.11 Å². The van der Waals surface area contributed by atoms with Gasteiger partial charge < -0.3 is 19.2 Å². The summed E-state index contributed by atoms with van der Waals surface area (Å²) in [4.78, 5) is 2.28. The number of aromatic nitrogens is 1. The van der Waals surface area contributed by atoms with Gasteiger partial charge >= 0.3 is 7.48 Å². The van der Waals surface area contributed by atoms with Crippen LogP contribution in [0.1, 0.15) is 27.7 Å². The highest BCUT2D eigenvalue weighted by atomic mass is 16.5. The highest BCUT2D eigenvalue weighted by Crippen LogP contribution is 2.39. The van der Waals surface area contributed by atoms with Crippen LogP contribution in [0, 0.1) is 0 Å². The molecule has 0 spiro atoms. The van der Waals surface area contributed by atoms with E-state index >= 15 is 0 Å². The molecule has 203 valence electrons. The van der Waals surface area contributed by atoms with Crippen LogP contribution in [0.2, 0.25) is 0 Å². The smallest absolute Gasteiger partial charge is 0.330 e. The molecule has 1 aromatic heterocycles. The van der Waals surface area contributed by atoms with Gasteiger partial charge in [0, 0.05) is 33.5 Å². The normalized spacial score (nSPS) is 12.1. The van der Waals surface area contributed by atoms with Gasteiger partial charge in [-0.1, -0.05) is 72.2 Å². The molecule has 5 aromatic carbocycles. The maximum absolute atomic E-state index is 10.4. The van der Waals surface area contributed by atoms with Gasteiger partial charge in [0.1, 0.15) is 0 Å². The van der Waals surface area contributed by atoms with Gasteiger partial charge in [-0.2, -0.15) is 0 Å². The van der Waals surface area contributed by atoms with Crippen LogP contribution in [0.15, 0.2) is 127 Å². The van der Waals surface area contributed by atoms with E-state index in [1.807, 2.05) is 32.0 Å². The lowest BCUT2D eigenvalue weighted by Crippen LogP contribution is -2.49. The zero-order valence-corrected chi connectivity index (χ0v) is 24.0. The topological polar surface area (TPSA) is 37.6 Å². The molecule has 1 heterocycles. The van der Waals surface area contributed by atoms with Crippen LogP contribution in [-0.2, 0) is 4.65 Å². The van der Waals surface area contributed by atoms with E-state index in [1.54, 1.807) is 21.3 Å². The third-order valence-corrected chi connectivity index (χ3v) is 8.06. The highest BCUT2D eigenvalue weighted by molar-refractivity contribution is 6.47. The van der Waals surface area contributed by atoms with Crippen LogP contribution in [0.4, 0.5) is 17.1 Å². The van der Waals surface area contributed by atoms with Crippen LogP contribution in [0.25, 0.3) is 27.5 Å². The van der Waals surface area contributed by atoms with Crippen molar-refractivity contribution >= 4 is 51.8 Å². The van der Waals surface area contributed by atoms with E-state index in [1.165, 1.54) is 21.8 Å². The fraction of sp³-hybridized carbons (Fsp3) is 0.167. The molecule has 0 bridgehead atoms. The Labute approximate surface area is 242 Å². The maximum Gasteiger partial charge on any atom is 0.330 e. The fourth-order valence-corrected chi connectivity index (χ4v) is 5.04. The van der Waals surface area contributed by atoms with Crippen molar-refractivity contribution < 1.29 is 9.76 Å². The van der Waals surface area contributed by atoms with Crippen molar-refractivity contribution in [2.24, 2.45) is 0 Å². The van der Waals surface area contributed by atoms with Crippen LogP contribution < -0.4 is 10.4 Å². The van der Waals surface area contributed by atoms with Crippen LogP contribution >= 0.6 is 0 Å². The van der Waals surface area contributed by atoms with E-state index < -0.39 is 11.2 Å². The van der Waals surface area contributed by atoms with Crippen LogP contribution in [-0.4, -0.2) is 28.4 Å². The predicted molar refractivity (Wildman–Crippen MR) is 172 cm³/mol. The summed E-state index contributed by atoms with van der Waals surface area (Å²) in [5.74, 6) is 0. The first-order valence-corrected chi connectivity index (χ1v) is 14.0. The molecule has 5 heteroatoms. The molecule has 0 aliphatic carbocycles. The molecule has 4 nitrogen and oxygen atoms in total. The summed E-state index contributed by atoms with van der Waals surface area (Å²) in [7, 11) is 1.72. The Morgan fingerprint density at radius 1 is 0.610 bits per heavy atom. The van der Waals surface area contributed by atoms with Crippen molar-refractivity contribution in [2.45, 2.75) is 38.9 Å². The molecule has 1 radical (unpaired) electrons. The summed E-state index contributed by atoms with van der Waals surface area (Å²) < 4.78 is 8.32. The predicted octanol–water partition coefficient (Wildman–Crippen LogP) is 8.06. The molecular formula is C36H34BN2O2. The van der Waals surface area contributed by atoms with Gasteiger partial charge in [0.05, 0.1) is 22.2 Å². The number of para-hydroxylation sites is 3. The summed E-state index contributed by atoms with van der Waals surface area (Å²) in [5.41, 5.74) is 5.93. The highest BCUT2D eigenvalue weighted by Gasteiger charge is 2.35. The summed E-state index contributed by atoms with van der Waals surface area (Å²) in [6.07, 6.45) is 0. The molecule has 6 rings (SSSR count). The second-order valence-electron chi connectivity index (χ2n) is 11.5. The minimum Gasteiger partial charge on any atom is -0.427 e. The summed E-state index contributed by atoms with van der Waals surface area (Å²) >= 11 is 0. The Bertz CT molecular complexity index is 1790. The first-order valence-electron chi connectivity index (χ1n) is 14.0. The number of hydrogen-bond acceptors (Lipinski definition) is 3. The van der Waals surface area contributed by atoms with Crippen molar-refractivity contribution in [1.29, 1.82) is 0 Å². The van der Waals surface area contributed by atoms with Gasteiger partial charge in [0.2, 0.25) is 0 Å². The lowest BCUT2D eigenvalue weighted by Gasteiger charge is -2.37. The summed E-state index contributed by atoms with van der Waals surface area (Å²) in [6.45, 7) is 7.30. The molecule has 1 N–H and O–H groups in total. The summed E-state index contributed by atoms with van der Waals surface area (Å²) in [5, 5.41) is 12.9. The van der Waals surface area contributed by atoms with E-state index in [4.69, 9.17) is 4.65 Å². The second-order valence-corrected chi connectivity index (χ2v) is 11.5. The Balaban J connectivity index is 1.42. The number of nitrogens with zero attached hydrogens (tertiary/aromatic N) is 2. The lowest BCUT2D eigenvalue weighted by molar-refractivity contribution is -0.0893. The van der Waals surface area contributed by atoms with Crippen molar-refractivity contribution in [2.75, 3.05) is 4.90 Å². The second kappa shape index (κ2) is 10.6. The molecule has 0 amide bonds. The number of fused-ring (bicyclic) bond motifs is 3. The molecule has 0 saturated carbocycles. The van der Waals surface area contributed by atoms with E-state index in [0.29, 0.717) is 0 Å². The Morgan fingerprint density at radius 3 is 1.85 bits per heavy atom.